The number of aryl methyl sites for hydroxylation is 1. The predicted octanol–water partition coefficient (Wildman–Crippen LogP) is 5.60. The summed E-state index contributed by atoms with van der Waals surface area (Å²) >= 11 is 0. The number of carbonyl (C=O) groups is 1. The molecule has 0 fully saturated rings. The van der Waals surface area contributed by atoms with Crippen LogP contribution in [0, 0.1) is 5.82 Å². The van der Waals surface area contributed by atoms with Crippen LogP contribution < -0.4 is 20.1 Å². The number of likely N-dealkylation sites (N-methyl/N-ethyl adjacent to an activating group) is 1. The topological polar surface area (TPSA) is 72.5 Å². The van der Waals surface area contributed by atoms with Gasteiger partial charge in [0.1, 0.15) is 17.6 Å². The summed E-state index contributed by atoms with van der Waals surface area (Å²) in [6.45, 7) is -3.08. The molecule has 0 unspecified atom stereocenters. The van der Waals surface area contributed by atoms with Gasteiger partial charge in [-0.2, -0.15) is 22.0 Å². The van der Waals surface area contributed by atoms with Crippen molar-refractivity contribution in [2.24, 2.45) is 0 Å². The standard InChI is InChI=1S/C26H25F6N3O3/c1-33-24(36)23(16-5-8-18(27)9-6-16)35-19(10-3-15-4-12-22(34-14-15)26(30,31)32)17-7-11-20(38-25(28)29)21(13-17)37-2/h4-9,11-14,19,23,25,35H,3,10H2,1-2H3,(H,33,36)/t19-,23+/m1/s1. The number of benzene rings is 2. The largest absolute Gasteiger partial charge is 0.493 e. The number of ether oxygens (including phenoxy) is 2. The lowest BCUT2D eigenvalue weighted by Crippen LogP contribution is -2.38. The van der Waals surface area contributed by atoms with E-state index in [1.807, 2.05) is 0 Å². The molecule has 0 radical (unpaired) electrons. The maximum atomic E-state index is 13.5. The van der Waals surface area contributed by atoms with Crippen LogP contribution in [0.15, 0.2) is 60.8 Å². The summed E-state index contributed by atoms with van der Waals surface area (Å²) in [7, 11) is 2.71. The lowest BCUT2D eigenvalue weighted by atomic mass is 9.96. The van der Waals surface area contributed by atoms with Crippen LogP contribution in [0.1, 0.15) is 40.9 Å². The highest BCUT2D eigenvalue weighted by molar-refractivity contribution is 5.83. The average molecular weight is 541 g/mol. The van der Waals surface area contributed by atoms with Crippen molar-refractivity contribution in [3.63, 3.8) is 0 Å². The Balaban J connectivity index is 1.94. The van der Waals surface area contributed by atoms with E-state index in [9.17, 15) is 31.1 Å². The number of halogens is 6. The van der Waals surface area contributed by atoms with Crippen molar-refractivity contribution in [2.45, 2.75) is 37.7 Å². The van der Waals surface area contributed by atoms with Gasteiger partial charge in [0.15, 0.2) is 11.5 Å². The fraction of sp³-hybridized carbons (Fsp3) is 0.308. The minimum atomic E-state index is -4.57. The highest BCUT2D eigenvalue weighted by Crippen LogP contribution is 2.34. The second-order valence-electron chi connectivity index (χ2n) is 8.19. The van der Waals surface area contributed by atoms with Gasteiger partial charge in [-0.15, -0.1) is 0 Å². The molecule has 0 aliphatic rings. The van der Waals surface area contributed by atoms with E-state index in [1.165, 1.54) is 62.7 Å². The van der Waals surface area contributed by atoms with Crippen molar-refractivity contribution in [3.05, 3.63) is 89.0 Å². The highest BCUT2D eigenvalue weighted by atomic mass is 19.4. The van der Waals surface area contributed by atoms with E-state index >= 15 is 0 Å². The molecule has 1 aromatic heterocycles. The second-order valence-corrected chi connectivity index (χ2v) is 8.19. The van der Waals surface area contributed by atoms with Crippen LogP contribution in [-0.2, 0) is 17.4 Å². The van der Waals surface area contributed by atoms with Crippen LogP contribution in [0.3, 0.4) is 0 Å². The number of methoxy groups -OCH3 is 1. The Morgan fingerprint density at radius 2 is 1.68 bits per heavy atom. The predicted molar refractivity (Wildman–Crippen MR) is 126 cm³/mol. The average Bonchev–Trinajstić information content (AvgIpc) is 2.89. The summed E-state index contributed by atoms with van der Waals surface area (Å²) in [5.41, 5.74) is 0.467. The number of amides is 1. The van der Waals surface area contributed by atoms with Crippen LogP contribution in [0.5, 0.6) is 11.5 Å². The Hall–Kier alpha value is -3.80. The molecule has 12 heteroatoms. The first kappa shape index (κ1) is 28.8. The molecule has 3 rings (SSSR count). The molecule has 2 N–H and O–H groups in total. The van der Waals surface area contributed by atoms with Gasteiger partial charge in [-0.05, 0) is 59.9 Å². The quantitative estimate of drug-likeness (QED) is 0.309. The Morgan fingerprint density at radius 1 is 1.00 bits per heavy atom. The fourth-order valence-electron chi connectivity index (χ4n) is 3.82. The summed E-state index contributed by atoms with van der Waals surface area (Å²) in [6, 6.07) is 10.2. The van der Waals surface area contributed by atoms with Crippen molar-refractivity contribution in [3.8, 4) is 11.5 Å². The third-order valence-corrected chi connectivity index (χ3v) is 5.72. The van der Waals surface area contributed by atoms with Crippen LogP contribution in [-0.4, -0.2) is 31.7 Å². The van der Waals surface area contributed by atoms with Crippen molar-refractivity contribution in [2.75, 3.05) is 14.2 Å². The molecule has 3 aromatic rings. The number of hydrogen-bond acceptors (Lipinski definition) is 5. The van der Waals surface area contributed by atoms with Gasteiger partial charge in [0.2, 0.25) is 5.91 Å². The van der Waals surface area contributed by atoms with Crippen LogP contribution in [0.2, 0.25) is 0 Å². The lowest BCUT2D eigenvalue weighted by molar-refractivity contribution is -0.141. The molecule has 0 aliphatic heterocycles. The first-order chi connectivity index (χ1) is 18.0. The zero-order chi connectivity index (χ0) is 27.9. The first-order valence-corrected chi connectivity index (χ1v) is 11.4. The van der Waals surface area contributed by atoms with E-state index in [0.717, 1.165) is 12.3 Å². The molecule has 2 atom stereocenters. The van der Waals surface area contributed by atoms with Gasteiger partial charge < -0.3 is 14.8 Å². The first-order valence-electron chi connectivity index (χ1n) is 11.4. The third kappa shape index (κ3) is 7.60. The number of rotatable bonds is 11. The third-order valence-electron chi connectivity index (χ3n) is 5.72. The van der Waals surface area contributed by atoms with Crippen molar-refractivity contribution in [1.82, 2.24) is 15.6 Å². The van der Waals surface area contributed by atoms with Gasteiger partial charge in [-0.3, -0.25) is 15.1 Å². The summed E-state index contributed by atoms with van der Waals surface area (Å²) in [4.78, 5) is 16.2. The van der Waals surface area contributed by atoms with Gasteiger partial charge in [-0.25, -0.2) is 4.39 Å². The number of carbonyl (C=O) groups excluding carboxylic acids is 1. The maximum Gasteiger partial charge on any atom is 0.433 e. The molecule has 1 amide bonds. The van der Waals surface area contributed by atoms with Gasteiger partial charge in [0.05, 0.1) is 7.11 Å². The molecule has 0 spiro atoms. The van der Waals surface area contributed by atoms with Crippen molar-refractivity contribution in [1.29, 1.82) is 0 Å². The number of nitrogens with one attached hydrogen (secondary N) is 2. The van der Waals surface area contributed by atoms with E-state index < -0.39 is 42.3 Å². The molecule has 0 bridgehead atoms. The van der Waals surface area contributed by atoms with E-state index in [2.05, 4.69) is 20.4 Å². The fourth-order valence-corrected chi connectivity index (χ4v) is 3.82. The molecule has 2 aromatic carbocycles. The van der Waals surface area contributed by atoms with E-state index in [0.29, 0.717) is 16.7 Å². The smallest absolute Gasteiger partial charge is 0.433 e. The van der Waals surface area contributed by atoms with Gasteiger partial charge in [0, 0.05) is 19.3 Å². The Bertz CT molecular complexity index is 1200. The molecular formula is C26H25F6N3O3. The van der Waals surface area contributed by atoms with Gasteiger partial charge in [0.25, 0.3) is 0 Å². The van der Waals surface area contributed by atoms with Crippen LogP contribution in [0.4, 0.5) is 26.3 Å². The van der Waals surface area contributed by atoms with Crippen LogP contribution in [0.25, 0.3) is 0 Å². The molecule has 0 saturated carbocycles. The van der Waals surface area contributed by atoms with E-state index in [4.69, 9.17) is 4.74 Å². The summed E-state index contributed by atoms with van der Waals surface area (Å²) < 4.78 is 87.4. The molecule has 1 heterocycles. The van der Waals surface area contributed by atoms with Crippen molar-refractivity contribution >= 4 is 5.91 Å². The molecule has 0 saturated heterocycles. The number of alkyl halides is 5. The van der Waals surface area contributed by atoms with Gasteiger partial charge >= 0.3 is 12.8 Å². The van der Waals surface area contributed by atoms with E-state index in [-0.39, 0.29) is 24.3 Å². The Labute approximate surface area is 215 Å². The monoisotopic (exact) mass is 541 g/mol. The Morgan fingerprint density at radius 3 is 2.24 bits per heavy atom. The summed E-state index contributed by atoms with van der Waals surface area (Å²) in [5.74, 6) is -1.10. The highest BCUT2D eigenvalue weighted by Gasteiger charge is 2.32. The molecule has 38 heavy (non-hydrogen) atoms. The van der Waals surface area contributed by atoms with Gasteiger partial charge in [-0.1, -0.05) is 24.3 Å². The summed E-state index contributed by atoms with van der Waals surface area (Å²) in [5, 5.41) is 5.74. The molecular weight excluding hydrogens is 516 g/mol. The minimum Gasteiger partial charge on any atom is -0.493 e. The number of hydrogen-bond donors (Lipinski definition) is 2. The molecule has 204 valence electrons. The minimum absolute atomic E-state index is 0.0177. The lowest BCUT2D eigenvalue weighted by Gasteiger charge is -2.26. The number of aromatic nitrogens is 1. The van der Waals surface area contributed by atoms with Crippen molar-refractivity contribution < 1.29 is 40.6 Å². The zero-order valence-corrected chi connectivity index (χ0v) is 20.4. The SMILES string of the molecule is CNC(=O)[C@@H](N[C@H](CCc1ccc(C(F)(F)F)nc1)c1ccc(OC(F)F)c(OC)c1)c1ccc(F)cc1. The Kier molecular flexibility index (Phi) is 9.56. The maximum absolute atomic E-state index is 13.5. The summed E-state index contributed by atoms with van der Waals surface area (Å²) in [6.07, 6.45) is -2.93. The van der Waals surface area contributed by atoms with Crippen LogP contribution >= 0.6 is 0 Å². The molecule has 6 nitrogen and oxygen atoms in total. The molecule has 0 aliphatic carbocycles. The normalized spacial score (nSPS) is 13.2. The zero-order valence-electron chi connectivity index (χ0n) is 20.4. The van der Waals surface area contributed by atoms with E-state index in [1.54, 1.807) is 0 Å². The number of nitrogens with zero attached hydrogens (tertiary/aromatic N) is 1. The second kappa shape index (κ2) is 12.6. The number of pyridine rings is 1.